The standard InChI is InChI=1S/C16H18BrNO2S/c17-14-5-2-7-16(11-14)21(19)9-3-8-20-15-6-1-4-13(10-15)12-18/h1-2,4-7,10-11H,3,8-9,12,18H2. The van der Waals surface area contributed by atoms with Crippen LogP contribution in [-0.2, 0) is 17.3 Å². The molecule has 3 nitrogen and oxygen atoms in total. The Morgan fingerprint density at radius 1 is 1.14 bits per heavy atom. The highest BCUT2D eigenvalue weighted by atomic mass is 79.9. The highest BCUT2D eigenvalue weighted by Crippen LogP contribution is 2.16. The second-order valence-corrected chi connectivity index (χ2v) is 7.05. The van der Waals surface area contributed by atoms with Crippen LogP contribution in [0.3, 0.4) is 0 Å². The minimum atomic E-state index is -0.988. The van der Waals surface area contributed by atoms with Gasteiger partial charge in [0.15, 0.2) is 0 Å². The van der Waals surface area contributed by atoms with Crippen LogP contribution in [0, 0.1) is 0 Å². The summed E-state index contributed by atoms with van der Waals surface area (Å²) >= 11 is 3.39. The van der Waals surface area contributed by atoms with Gasteiger partial charge in [0.05, 0.1) is 17.4 Å². The Bertz CT molecular complexity index is 619. The molecular formula is C16H18BrNO2S. The first-order valence-electron chi connectivity index (χ1n) is 6.75. The molecule has 112 valence electrons. The molecule has 2 aromatic rings. The highest BCUT2D eigenvalue weighted by molar-refractivity contribution is 9.10. The monoisotopic (exact) mass is 367 g/mol. The number of hydrogen-bond donors (Lipinski definition) is 1. The van der Waals surface area contributed by atoms with Crippen molar-refractivity contribution >= 4 is 26.7 Å². The summed E-state index contributed by atoms with van der Waals surface area (Å²) in [6.45, 7) is 1.05. The van der Waals surface area contributed by atoms with Crippen LogP contribution in [-0.4, -0.2) is 16.6 Å². The van der Waals surface area contributed by atoms with Gasteiger partial charge in [0.2, 0.25) is 0 Å². The van der Waals surface area contributed by atoms with E-state index in [1.165, 1.54) is 0 Å². The molecule has 0 saturated carbocycles. The molecule has 0 aliphatic rings. The van der Waals surface area contributed by atoms with Crippen LogP contribution in [0.1, 0.15) is 12.0 Å². The van der Waals surface area contributed by atoms with Crippen LogP contribution in [0.5, 0.6) is 5.75 Å². The topological polar surface area (TPSA) is 52.3 Å². The van der Waals surface area contributed by atoms with Gasteiger partial charge in [-0.15, -0.1) is 0 Å². The molecule has 0 spiro atoms. The van der Waals surface area contributed by atoms with Gasteiger partial charge in [0.25, 0.3) is 0 Å². The van der Waals surface area contributed by atoms with E-state index in [4.69, 9.17) is 10.5 Å². The molecule has 5 heteroatoms. The van der Waals surface area contributed by atoms with Gasteiger partial charge in [-0.1, -0.05) is 34.1 Å². The average Bonchev–Trinajstić information content (AvgIpc) is 2.51. The van der Waals surface area contributed by atoms with Crippen molar-refractivity contribution in [1.82, 2.24) is 0 Å². The number of benzene rings is 2. The van der Waals surface area contributed by atoms with Gasteiger partial charge in [-0.25, -0.2) is 0 Å². The minimum Gasteiger partial charge on any atom is -0.494 e. The van der Waals surface area contributed by atoms with E-state index in [2.05, 4.69) is 15.9 Å². The lowest BCUT2D eigenvalue weighted by Crippen LogP contribution is -2.05. The van der Waals surface area contributed by atoms with E-state index < -0.39 is 10.8 Å². The number of hydrogen-bond acceptors (Lipinski definition) is 3. The van der Waals surface area contributed by atoms with Gasteiger partial charge in [-0.05, 0) is 42.3 Å². The smallest absolute Gasteiger partial charge is 0.119 e. The Labute approximate surface area is 136 Å². The summed E-state index contributed by atoms with van der Waals surface area (Å²) in [5.41, 5.74) is 6.64. The van der Waals surface area contributed by atoms with E-state index in [0.29, 0.717) is 18.9 Å². The third kappa shape index (κ3) is 5.26. The first kappa shape index (κ1) is 16.2. The molecule has 2 rings (SSSR count). The van der Waals surface area contributed by atoms with Crippen LogP contribution in [0.2, 0.25) is 0 Å². The summed E-state index contributed by atoms with van der Waals surface area (Å²) in [6.07, 6.45) is 0.742. The Kier molecular flexibility index (Phi) is 6.42. The highest BCUT2D eigenvalue weighted by Gasteiger charge is 2.04. The minimum absolute atomic E-state index is 0.504. The maximum absolute atomic E-state index is 12.1. The first-order valence-corrected chi connectivity index (χ1v) is 8.86. The lowest BCUT2D eigenvalue weighted by atomic mass is 10.2. The molecule has 0 heterocycles. The quantitative estimate of drug-likeness (QED) is 0.762. The fraction of sp³-hybridized carbons (Fsp3) is 0.250. The van der Waals surface area contributed by atoms with Crippen molar-refractivity contribution < 1.29 is 8.95 Å². The van der Waals surface area contributed by atoms with Gasteiger partial charge in [0, 0.05) is 21.7 Å². The van der Waals surface area contributed by atoms with Gasteiger partial charge >= 0.3 is 0 Å². The Morgan fingerprint density at radius 2 is 1.95 bits per heavy atom. The molecule has 0 fully saturated rings. The van der Waals surface area contributed by atoms with Crippen LogP contribution >= 0.6 is 15.9 Å². The van der Waals surface area contributed by atoms with Gasteiger partial charge in [-0.3, -0.25) is 4.21 Å². The molecule has 0 aliphatic carbocycles. The van der Waals surface area contributed by atoms with E-state index in [0.717, 1.165) is 27.1 Å². The van der Waals surface area contributed by atoms with E-state index in [1.54, 1.807) is 0 Å². The molecule has 21 heavy (non-hydrogen) atoms. The normalized spacial score (nSPS) is 12.1. The molecule has 0 aromatic heterocycles. The lowest BCUT2D eigenvalue weighted by molar-refractivity contribution is 0.318. The lowest BCUT2D eigenvalue weighted by Gasteiger charge is -2.07. The van der Waals surface area contributed by atoms with Crippen molar-refractivity contribution in [3.05, 3.63) is 58.6 Å². The number of ether oxygens (including phenoxy) is 1. The predicted molar refractivity (Wildman–Crippen MR) is 89.9 cm³/mol. The largest absolute Gasteiger partial charge is 0.494 e. The third-order valence-electron chi connectivity index (χ3n) is 2.94. The van der Waals surface area contributed by atoms with Crippen molar-refractivity contribution in [2.45, 2.75) is 17.9 Å². The summed E-state index contributed by atoms with van der Waals surface area (Å²) in [7, 11) is -0.988. The molecule has 0 amide bonds. The number of halogens is 1. The molecule has 0 saturated heterocycles. The molecule has 2 N–H and O–H groups in total. The van der Waals surface area contributed by atoms with E-state index in [9.17, 15) is 4.21 Å². The summed E-state index contributed by atoms with van der Waals surface area (Å²) in [5.74, 6) is 1.40. The predicted octanol–water partition coefficient (Wildman–Crippen LogP) is 3.48. The maximum Gasteiger partial charge on any atom is 0.119 e. The average molecular weight is 368 g/mol. The van der Waals surface area contributed by atoms with Crippen LogP contribution in [0.25, 0.3) is 0 Å². The zero-order chi connectivity index (χ0) is 15.1. The first-order chi connectivity index (χ1) is 10.2. The Hall–Kier alpha value is -1.17. The van der Waals surface area contributed by atoms with Gasteiger partial charge in [0.1, 0.15) is 5.75 Å². The second kappa shape index (κ2) is 8.32. The Balaban J connectivity index is 1.78. The molecule has 0 radical (unpaired) electrons. The summed E-state index contributed by atoms with van der Waals surface area (Å²) in [5, 5.41) is 0. The van der Waals surface area contributed by atoms with Gasteiger partial charge < -0.3 is 10.5 Å². The van der Waals surface area contributed by atoms with Crippen molar-refractivity contribution in [3.8, 4) is 5.75 Å². The van der Waals surface area contributed by atoms with Crippen molar-refractivity contribution in [2.24, 2.45) is 5.73 Å². The molecule has 0 bridgehead atoms. The van der Waals surface area contributed by atoms with E-state index in [-0.39, 0.29) is 0 Å². The van der Waals surface area contributed by atoms with Crippen LogP contribution in [0.15, 0.2) is 57.9 Å². The fourth-order valence-electron chi connectivity index (χ4n) is 1.87. The summed E-state index contributed by atoms with van der Waals surface area (Å²) in [6, 6.07) is 15.3. The molecule has 1 atom stereocenters. The van der Waals surface area contributed by atoms with Crippen molar-refractivity contribution in [1.29, 1.82) is 0 Å². The summed E-state index contributed by atoms with van der Waals surface area (Å²) in [4.78, 5) is 0.842. The number of rotatable bonds is 7. The second-order valence-electron chi connectivity index (χ2n) is 4.56. The van der Waals surface area contributed by atoms with Crippen LogP contribution < -0.4 is 10.5 Å². The zero-order valence-corrected chi connectivity index (χ0v) is 14.0. The molecular weight excluding hydrogens is 350 g/mol. The molecule has 0 aliphatic heterocycles. The molecule has 2 aromatic carbocycles. The summed E-state index contributed by atoms with van der Waals surface area (Å²) < 4.78 is 18.7. The SMILES string of the molecule is NCc1cccc(OCCCS(=O)c2cccc(Br)c2)c1. The fourth-order valence-corrected chi connectivity index (χ4v) is 3.52. The Morgan fingerprint density at radius 3 is 2.71 bits per heavy atom. The third-order valence-corrected chi connectivity index (χ3v) is 4.87. The van der Waals surface area contributed by atoms with E-state index in [1.807, 2.05) is 48.5 Å². The maximum atomic E-state index is 12.1. The van der Waals surface area contributed by atoms with Crippen LogP contribution in [0.4, 0.5) is 0 Å². The van der Waals surface area contributed by atoms with Crippen molar-refractivity contribution in [3.63, 3.8) is 0 Å². The molecule has 1 unspecified atom stereocenters. The number of nitrogens with two attached hydrogens (primary N) is 1. The zero-order valence-electron chi connectivity index (χ0n) is 11.6. The van der Waals surface area contributed by atoms with Gasteiger partial charge in [-0.2, -0.15) is 0 Å². The van der Waals surface area contributed by atoms with E-state index >= 15 is 0 Å². The van der Waals surface area contributed by atoms with Crippen molar-refractivity contribution in [2.75, 3.05) is 12.4 Å².